The van der Waals surface area contributed by atoms with Gasteiger partial charge in [0.05, 0.1) is 0 Å². The second-order valence-corrected chi connectivity index (χ2v) is 19.0. The normalized spacial score (nSPS) is 10.9. The summed E-state index contributed by atoms with van der Waals surface area (Å²) in [6, 6.07) is 112. The Morgan fingerprint density at radius 1 is 0.215 bits per heavy atom. The summed E-state index contributed by atoms with van der Waals surface area (Å²) in [6.07, 6.45) is 0. The number of rotatable bonds is 14. The average molecular weight is 1020 g/mol. The van der Waals surface area contributed by atoms with Gasteiger partial charge in [-0.25, -0.2) is 0 Å². The highest BCUT2D eigenvalue weighted by Gasteiger charge is 2.23. The minimum atomic E-state index is 0.819. The third-order valence-electron chi connectivity index (χ3n) is 14.1. The van der Waals surface area contributed by atoms with Crippen molar-refractivity contribution < 1.29 is 4.42 Å². The molecule has 0 saturated heterocycles. The third-order valence-corrected chi connectivity index (χ3v) is 14.1. The molecule has 13 aromatic rings. The van der Waals surface area contributed by atoms with Crippen molar-refractivity contribution >= 4 is 90.2 Å². The maximum absolute atomic E-state index is 7.08. The summed E-state index contributed by atoms with van der Waals surface area (Å²) in [4.78, 5) is 9.36. The van der Waals surface area contributed by atoms with Crippen molar-refractivity contribution in [2.75, 3.05) is 19.6 Å². The van der Waals surface area contributed by atoms with Crippen LogP contribution in [0.4, 0.5) is 68.2 Å². The molecule has 5 nitrogen and oxygen atoms in total. The van der Waals surface area contributed by atoms with Crippen molar-refractivity contribution in [3.05, 3.63) is 315 Å². The fourth-order valence-electron chi connectivity index (χ4n) is 10.6. The van der Waals surface area contributed by atoms with E-state index in [9.17, 15) is 0 Å². The smallest absolute Gasteiger partial charge is 0.143 e. The quantitative estimate of drug-likeness (QED) is 0.108. The van der Waals surface area contributed by atoms with Gasteiger partial charge in [-0.05, 0) is 162 Å². The summed E-state index contributed by atoms with van der Waals surface area (Å²) in [5.74, 6) is 0. The van der Waals surface area contributed by atoms with E-state index in [-0.39, 0.29) is 0 Å². The Morgan fingerprint density at radius 2 is 0.506 bits per heavy atom. The van der Waals surface area contributed by atoms with Gasteiger partial charge in [-0.1, -0.05) is 184 Å². The molecule has 0 aliphatic rings. The van der Waals surface area contributed by atoms with Crippen molar-refractivity contribution in [1.29, 1.82) is 0 Å². The van der Waals surface area contributed by atoms with Crippen molar-refractivity contribution in [2.45, 2.75) is 13.8 Å². The van der Waals surface area contributed by atoms with E-state index in [0.717, 1.165) is 112 Å². The van der Waals surface area contributed by atoms with Gasteiger partial charge in [0.15, 0.2) is 0 Å². The fourth-order valence-corrected chi connectivity index (χ4v) is 10.6. The number of benzene rings is 12. The van der Waals surface area contributed by atoms with Crippen molar-refractivity contribution in [3.63, 3.8) is 0 Å². The summed E-state index contributed by atoms with van der Waals surface area (Å²) < 4.78 is 7.08. The van der Waals surface area contributed by atoms with Gasteiger partial charge in [0.25, 0.3) is 0 Å². The molecular weight excluding hydrogens is 961 g/mol. The zero-order valence-corrected chi connectivity index (χ0v) is 44.2. The Morgan fingerprint density at radius 3 is 0.810 bits per heavy atom. The highest BCUT2D eigenvalue weighted by Crippen LogP contribution is 2.47. The summed E-state index contributed by atoms with van der Waals surface area (Å²) in [5, 5.41) is 2.08. The molecule has 0 bridgehead atoms. The van der Waals surface area contributed by atoms with Crippen LogP contribution < -0.4 is 19.6 Å². The predicted octanol–water partition coefficient (Wildman–Crippen LogP) is 21.8. The number of fused-ring (bicyclic) bond motifs is 3. The van der Waals surface area contributed by atoms with Crippen LogP contribution in [0.5, 0.6) is 0 Å². The van der Waals surface area contributed by atoms with Gasteiger partial charge in [0.1, 0.15) is 11.2 Å². The van der Waals surface area contributed by atoms with Gasteiger partial charge < -0.3 is 24.0 Å². The monoisotopic (exact) mass is 1020 g/mol. The number of anilines is 12. The summed E-state index contributed by atoms with van der Waals surface area (Å²) >= 11 is 0. The van der Waals surface area contributed by atoms with Gasteiger partial charge >= 0.3 is 0 Å². The van der Waals surface area contributed by atoms with Crippen LogP contribution in [0.1, 0.15) is 13.8 Å². The first kappa shape index (κ1) is 49.5. The number of hydrogen-bond donors (Lipinski definition) is 0. The van der Waals surface area contributed by atoms with Crippen LogP contribution in [0, 0.1) is 0 Å². The van der Waals surface area contributed by atoms with Crippen LogP contribution in [0.3, 0.4) is 0 Å². The Kier molecular flexibility index (Phi) is 14.3. The van der Waals surface area contributed by atoms with Crippen molar-refractivity contribution in [3.8, 4) is 22.3 Å². The molecule has 380 valence electrons. The molecule has 79 heavy (non-hydrogen) atoms. The number of nitrogens with zero attached hydrogens (tertiary/aromatic N) is 4. The average Bonchev–Trinajstić information content (AvgIpc) is 4.19. The number of furan rings is 1. The summed E-state index contributed by atoms with van der Waals surface area (Å²) in [5.41, 5.74) is 18.4. The van der Waals surface area contributed by atoms with E-state index in [1.807, 2.05) is 13.8 Å². The molecule has 0 amide bonds. The molecule has 0 N–H and O–H groups in total. The van der Waals surface area contributed by atoms with Crippen LogP contribution in [-0.4, -0.2) is 0 Å². The Bertz CT molecular complexity index is 3720. The molecule has 0 radical (unpaired) electrons. The highest BCUT2D eigenvalue weighted by atomic mass is 16.3. The lowest BCUT2D eigenvalue weighted by Crippen LogP contribution is -2.13. The Hall–Kier alpha value is -10.4. The van der Waals surface area contributed by atoms with Gasteiger partial charge in [0.2, 0.25) is 0 Å². The van der Waals surface area contributed by atoms with E-state index < -0.39 is 0 Å². The summed E-state index contributed by atoms with van der Waals surface area (Å²) in [7, 11) is 0. The molecule has 5 heteroatoms. The SMILES string of the molecule is CC.c1ccc(N(c2ccccc2)c2cc(-c3ccc4oc5c(-c6cc(N(c7ccccc7)c7ccccc7)cc(N(c7ccccc7)c7ccccc7)c6)cccc5c4c3)cc(N(c3ccccc3)c3ccccc3)c2)cc1. The fraction of sp³-hybridized carbons (Fsp3) is 0.0270. The number of para-hydroxylation sites is 9. The molecule has 0 saturated carbocycles. The van der Waals surface area contributed by atoms with Crippen LogP contribution in [0.25, 0.3) is 44.2 Å². The van der Waals surface area contributed by atoms with E-state index >= 15 is 0 Å². The molecule has 0 unspecified atom stereocenters. The van der Waals surface area contributed by atoms with E-state index in [4.69, 9.17) is 4.42 Å². The Balaban J connectivity index is 0.00000308. The molecule has 1 aromatic heterocycles. The first-order chi connectivity index (χ1) is 39.2. The number of hydrogen-bond acceptors (Lipinski definition) is 5. The molecule has 0 aliphatic carbocycles. The zero-order valence-electron chi connectivity index (χ0n) is 44.2. The second-order valence-electron chi connectivity index (χ2n) is 19.0. The van der Waals surface area contributed by atoms with E-state index in [1.165, 1.54) is 0 Å². The van der Waals surface area contributed by atoms with Crippen LogP contribution >= 0.6 is 0 Å². The van der Waals surface area contributed by atoms with Crippen molar-refractivity contribution in [2.24, 2.45) is 0 Å². The molecule has 0 spiro atoms. The minimum Gasteiger partial charge on any atom is -0.455 e. The first-order valence-corrected chi connectivity index (χ1v) is 27.1. The molecular formula is C74H58N4O. The molecule has 0 aliphatic heterocycles. The molecule has 1 heterocycles. The lowest BCUT2D eigenvalue weighted by atomic mass is 9.98. The topological polar surface area (TPSA) is 26.1 Å². The van der Waals surface area contributed by atoms with Crippen LogP contribution in [-0.2, 0) is 0 Å². The van der Waals surface area contributed by atoms with E-state index in [1.54, 1.807) is 0 Å². The van der Waals surface area contributed by atoms with Crippen molar-refractivity contribution in [1.82, 2.24) is 0 Å². The highest BCUT2D eigenvalue weighted by molar-refractivity contribution is 6.11. The Labute approximate surface area is 463 Å². The van der Waals surface area contributed by atoms with E-state index in [0.29, 0.717) is 0 Å². The lowest BCUT2D eigenvalue weighted by Gasteiger charge is -2.30. The third kappa shape index (κ3) is 10.2. The molecule has 0 fully saturated rings. The second kappa shape index (κ2) is 22.9. The molecule has 13 rings (SSSR count). The predicted molar refractivity (Wildman–Crippen MR) is 335 cm³/mol. The molecule has 12 aromatic carbocycles. The van der Waals surface area contributed by atoms with Gasteiger partial charge in [-0.2, -0.15) is 0 Å². The standard InChI is InChI=1S/C72H52N4O.C2H6/c1-9-26-56(27-10-1)73(57-28-11-2-12-29-57)64-46-54(47-65(51-64)74(58-30-13-3-14-31-58)59-32-15-4-16-33-59)53-44-45-71-70(50-53)69-43-25-42-68(72(69)77-71)55-48-66(75(60-34-17-5-18-35-60)61-36-19-6-20-37-61)52-67(49-55)76(62-38-21-7-22-39-62)63-40-23-8-24-41-63;1-2/h1-52H;1-2H3. The zero-order chi connectivity index (χ0) is 53.3. The largest absolute Gasteiger partial charge is 0.455 e. The van der Waals surface area contributed by atoms with Crippen LogP contribution in [0.15, 0.2) is 320 Å². The maximum Gasteiger partial charge on any atom is 0.143 e. The minimum absolute atomic E-state index is 0.819. The lowest BCUT2D eigenvalue weighted by molar-refractivity contribution is 0.670. The summed E-state index contributed by atoms with van der Waals surface area (Å²) in [6.45, 7) is 4.00. The van der Waals surface area contributed by atoms with Gasteiger partial charge in [-0.3, -0.25) is 0 Å². The van der Waals surface area contributed by atoms with Gasteiger partial charge in [-0.15, -0.1) is 0 Å². The van der Waals surface area contributed by atoms with Gasteiger partial charge in [0, 0.05) is 84.6 Å². The van der Waals surface area contributed by atoms with E-state index in [2.05, 4.69) is 335 Å². The maximum atomic E-state index is 7.08. The van der Waals surface area contributed by atoms with Crippen LogP contribution in [0.2, 0.25) is 0 Å². The first-order valence-electron chi connectivity index (χ1n) is 27.1. The molecule has 0 atom stereocenters.